The number of anilines is 1. The third-order valence-electron chi connectivity index (χ3n) is 4.15. The number of nitrogen functional groups attached to an aromatic ring is 1. The zero-order valence-corrected chi connectivity index (χ0v) is 14.4. The summed E-state index contributed by atoms with van der Waals surface area (Å²) >= 11 is 0. The van der Waals surface area contributed by atoms with Gasteiger partial charge in [0.15, 0.2) is 0 Å². The lowest BCUT2D eigenvalue weighted by Crippen LogP contribution is -2.24. The minimum Gasteiger partial charge on any atom is -0.496 e. The first-order valence-corrected chi connectivity index (χ1v) is 8.28. The molecular formula is C19H21FN4O2. The van der Waals surface area contributed by atoms with Crippen molar-refractivity contribution in [3.63, 3.8) is 0 Å². The van der Waals surface area contributed by atoms with E-state index >= 15 is 0 Å². The highest BCUT2D eigenvalue weighted by atomic mass is 19.1. The number of benzene rings is 1. The summed E-state index contributed by atoms with van der Waals surface area (Å²) in [5, 5.41) is 21.9. The number of hydrogen-bond acceptors (Lipinski definition) is 6. The third kappa shape index (κ3) is 4.07. The quantitative estimate of drug-likeness (QED) is 0.264. The van der Waals surface area contributed by atoms with Crippen LogP contribution in [0.3, 0.4) is 0 Å². The largest absolute Gasteiger partial charge is 0.496 e. The molecule has 1 fully saturated rings. The number of ether oxygens (including phenoxy) is 1. The molecule has 7 heteroatoms. The summed E-state index contributed by atoms with van der Waals surface area (Å²) in [4.78, 5) is 3.57. The van der Waals surface area contributed by atoms with Crippen molar-refractivity contribution < 1.29 is 14.2 Å². The molecule has 3 rings (SSSR count). The van der Waals surface area contributed by atoms with E-state index in [1.54, 1.807) is 24.3 Å². The molecule has 1 heterocycles. The highest BCUT2D eigenvalue weighted by molar-refractivity contribution is 6.13. The molecule has 1 aromatic heterocycles. The molecule has 6 nitrogen and oxygen atoms in total. The van der Waals surface area contributed by atoms with Crippen LogP contribution in [0.2, 0.25) is 0 Å². The fourth-order valence-corrected chi connectivity index (χ4v) is 2.64. The molecule has 0 aliphatic heterocycles. The summed E-state index contributed by atoms with van der Waals surface area (Å²) in [6, 6.07) is 6.46. The van der Waals surface area contributed by atoms with Gasteiger partial charge in [0.25, 0.3) is 0 Å². The molecule has 2 aromatic rings. The number of nitrogens with two attached hydrogens (primary N) is 1. The lowest BCUT2D eigenvalue weighted by Gasteiger charge is -2.19. The van der Waals surface area contributed by atoms with Crippen LogP contribution in [0.15, 0.2) is 36.5 Å². The molecule has 1 atom stereocenters. The SMILES string of the molecule is COc1c(C(O)NC2CC2)ccc(N)c1C(=N)/C=C/c1ccc(F)nc1. The highest BCUT2D eigenvalue weighted by Crippen LogP contribution is 2.34. The molecule has 0 radical (unpaired) electrons. The monoisotopic (exact) mass is 356 g/mol. The molecule has 5 N–H and O–H groups in total. The first-order chi connectivity index (χ1) is 12.5. The molecule has 0 saturated heterocycles. The zero-order chi connectivity index (χ0) is 18.7. The molecule has 136 valence electrons. The van der Waals surface area contributed by atoms with Gasteiger partial charge in [-0.1, -0.05) is 6.08 Å². The van der Waals surface area contributed by atoms with Crippen LogP contribution >= 0.6 is 0 Å². The molecule has 0 amide bonds. The van der Waals surface area contributed by atoms with Gasteiger partial charge >= 0.3 is 0 Å². The Morgan fingerprint density at radius 2 is 2.19 bits per heavy atom. The van der Waals surface area contributed by atoms with Crippen LogP contribution in [0.1, 0.15) is 35.8 Å². The number of allylic oxidation sites excluding steroid dienone is 1. The first kappa shape index (κ1) is 18.0. The minimum atomic E-state index is -0.894. The van der Waals surface area contributed by atoms with E-state index in [1.807, 2.05) is 0 Å². The van der Waals surface area contributed by atoms with E-state index in [4.69, 9.17) is 15.9 Å². The van der Waals surface area contributed by atoms with E-state index < -0.39 is 12.2 Å². The Bertz CT molecular complexity index is 832. The van der Waals surface area contributed by atoms with Gasteiger partial charge in [-0.25, -0.2) is 4.98 Å². The third-order valence-corrected chi connectivity index (χ3v) is 4.15. The maximum atomic E-state index is 12.9. The molecule has 1 unspecified atom stereocenters. The van der Waals surface area contributed by atoms with Gasteiger partial charge < -0.3 is 21.0 Å². The summed E-state index contributed by atoms with van der Waals surface area (Å²) in [5.74, 6) is -0.203. The fourth-order valence-electron chi connectivity index (χ4n) is 2.64. The van der Waals surface area contributed by atoms with Gasteiger partial charge in [0.05, 0.1) is 18.4 Å². The minimum absolute atomic E-state index is 0.115. The maximum absolute atomic E-state index is 12.9. The Hall–Kier alpha value is -2.77. The van der Waals surface area contributed by atoms with Crippen LogP contribution in [0, 0.1) is 11.4 Å². The first-order valence-electron chi connectivity index (χ1n) is 8.28. The topological polar surface area (TPSA) is 104 Å². The van der Waals surface area contributed by atoms with Gasteiger partial charge in [0.2, 0.25) is 5.95 Å². The van der Waals surface area contributed by atoms with Crippen LogP contribution < -0.4 is 15.8 Å². The van der Waals surface area contributed by atoms with Crippen molar-refractivity contribution in [3.05, 3.63) is 59.2 Å². The van der Waals surface area contributed by atoms with Crippen molar-refractivity contribution in [3.8, 4) is 5.75 Å². The number of aliphatic hydroxyl groups excluding tert-OH is 1. The molecule has 26 heavy (non-hydrogen) atoms. The van der Waals surface area contributed by atoms with Crippen LogP contribution in [-0.2, 0) is 0 Å². The summed E-state index contributed by atoms with van der Waals surface area (Å²) in [7, 11) is 1.48. The van der Waals surface area contributed by atoms with Crippen molar-refractivity contribution in [2.24, 2.45) is 0 Å². The van der Waals surface area contributed by atoms with E-state index in [0.717, 1.165) is 12.8 Å². The Kier molecular flexibility index (Phi) is 5.29. The van der Waals surface area contributed by atoms with Crippen molar-refractivity contribution >= 4 is 17.5 Å². The van der Waals surface area contributed by atoms with Crippen LogP contribution in [0.4, 0.5) is 10.1 Å². The molecule has 0 bridgehead atoms. The molecule has 1 aliphatic carbocycles. The number of nitrogens with one attached hydrogen (secondary N) is 2. The standard InChI is InChI=1S/C19H21FN4O2/c1-26-18-13(19(25)24-12-4-5-12)6-8-15(22)17(18)14(21)7-2-11-3-9-16(20)23-10-11/h2-3,6-10,12,19,21,24-25H,4-5,22H2,1H3/b7-2+,21-14?. The number of rotatable bonds is 7. The fraction of sp³-hybridized carbons (Fsp3) is 0.263. The van der Waals surface area contributed by atoms with E-state index in [-0.39, 0.29) is 5.71 Å². The second kappa shape index (κ2) is 7.63. The normalized spacial score (nSPS) is 15.2. The Labute approximate surface area is 151 Å². The molecule has 1 aliphatic rings. The predicted octanol–water partition coefficient (Wildman–Crippen LogP) is 2.64. The molecule has 0 spiro atoms. The lowest BCUT2D eigenvalue weighted by molar-refractivity contribution is 0.133. The number of methoxy groups -OCH3 is 1. The summed E-state index contributed by atoms with van der Waals surface area (Å²) < 4.78 is 18.3. The number of halogens is 1. The lowest BCUT2D eigenvalue weighted by atomic mass is 10.0. The summed E-state index contributed by atoms with van der Waals surface area (Å²) in [6.45, 7) is 0. The summed E-state index contributed by atoms with van der Waals surface area (Å²) in [5.41, 5.74) is 8.12. The van der Waals surface area contributed by atoms with Gasteiger partial charge in [0.1, 0.15) is 12.0 Å². The Morgan fingerprint density at radius 3 is 2.81 bits per heavy atom. The van der Waals surface area contributed by atoms with Crippen molar-refractivity contribution in [2.75, 3.05) is 12.8 Å². The number of nitrogens with zero attached hydrogens (tertiary/aromatic N) is 1. The Morgan fingerprint density at radius 1 is 1.42 bits per heavy atom. The van der Waals surface area contributed by atoms with Gasteiger partial charge in [-0.05, 0) is 48.7 Å². The Balaban J connectivity index is 1.89. The van der Waals surface area contributed by atoms with E-state index in [0.29, 0.717) is 34.2 Å². The van der Waals surface area contributed by atoms with Gasteiger partial charge in [0, 0.05) is 23.5 Å². The maximum Gasteiger partial charge on any atom is 0.212 e. The van der Waals surface area contributed by atoms with E-state index in [1.165, 1.54) is 25.4 Å². The van der Waals surface area contributed by atoms with Gasteiger partial charge in [-0.15, -0.1) is 0 Å². The second-order valence-corrected chi connectivity index (χ2v) is 6.16. The van der Waals surface area contributed by atoms with Crippen molar-refractivity contribution in [1.82, 2.24) is 10.3 Å². The average molecular weight is 356 g/mol. The van der Waals surface area contributed by atoms with Crippen LogP contribution in [-0.4, -0.2) is 29.0 Å². The summed E-state index contributed by atoms with van der Waals surface area (Å²) in [6.07, 6.45) is 5.72. The van der Waals surface area contributed by atoms with Crippen LogP contribution in [0.5, 0.6) is 5.75 Å². The van der Waals surface area contributed by atoms with E-state index in [2.05, 4.69) is 10.3 Å². The average Bonchev–Trinajstić information content (AvgIpc) is 3.44. The van der Waals surface area contributed by atoms with Crippen molar-refractivity contribution in [1.29, 1.82) is 5.41 Å². The number of pyridine rings is 1. The second-order valence-electron chi connectivity index (χ2n) is 6.16. The highest BCUT2D eigenvalue weighted by Gasteiger charge is 2.27. The van der Waals surface area contributed by atoms with Crippen molar-refractivity contribution in [2.45, 2.75) is 25.1 Å². The van der Waals surface area contributed by atoms with Gasteiger partial charge in [-0.3, -0.25) is 5.32 Å². The molecular weight excluding hydrogens is 335 g/mol. The molecule has 1 saturated carbocycles. The number of hydrogen-bond donors (Lipinski definition) is 4. The van der Waals surface area contributed by atoms with Gasteiger partial charge in [-0.2, -0.15) is 4.39 Å². The predicted molar refractivity (Wildman–Crippen MR) is 98.6 cm³/mol. The molecule has 1 aromatic carbocycles. The van der Waals surface area contributed by atoms with E-state index in [9.17, 15) is 9.50 Å². The number of aliphatic hydroxyl groups is 1. The van der Waals surface area contributed by atoms with Crippen LogP contribution in [0.25, 0.3) is 6.08 Å². The number of aromatic nitrogens is 1. The zero-order valence-electron chi connectivity index (χ0n) is 14.4. The smallest absolute Gasteiger partial charge is 0.212 e.